The average Bonchev–Trinajstić information content (AvgIpc) is 3.17. The van der Waals surface area contributed by atoms with Gasteiger partial charge in [0.05, 0.1) is 11.5 Å². The molecule has 2 atom stereocenters. The van der Waals surface area contributed by atoms with E-state index in [1.807, 2.05) is 0 Å². The molecule has 1 aromatic rings. The maximum absolute atomic E-state index is 12.1. The van der Waals surface area contributed by atoms with Crippen LogP contribution in [0.3, 0.4) is 0 Å². The Morgan fingerprint density at radius 1 is 1.35 bits per heavy atom. The van der Waals surface area contributed by atoms with Crippen LogP contribution in [0, 0.1) is 5.92 Å². The standard InChI is InChI=1S/C14H21NO4S/c1-2-11-10-14(11)15-20(17,18)13-6-4-12(5-7-13)19-9-3-8-16/h4-7,11,14-16H,2-3,8-10H2,1H3. The minimum atomic E-state index is -3.43. The van der Waals surface area contributed by atoms with Crippen LogP contribution in [-0.4, -0.2) is 32.8 Å². The van der Waals surface area contributed by atoms with Crippen LogP contribution in [0.5, 0.6) is 5.75 Å². The molecule has 0 saturated heterocycles. The van der Waals surface area contributed by atoms with Gasteiger partial charge in [-0.25, -0.2) is 13.1 Å². The Hall–Kier alpha value is -1.11. The van der Waals surface area contributed by atoms with Crippen molar-refractivity contribution in [3.8, 4) is 5.75 Å². The summed E-state index contributed by atoms with van der Waals surface area (Å²) < 4.78 is 32.3. The Bertz CT molecular complexity index is 527. The molecule has 2 N–H and O–H groups in total. The number of aliphatic hydroxyl groups excluding tert-OH is 1. The van der Waals surface area contributed by atoms with Gasteiger partial charge in [-0.05, 0) is 36.6 Å². The van der Waals surface area contributed by atoms with Crippen LogP contribution in [0.1, 0.15) is 26.2 Å². The normalized spacial score (nSPS) is 21.7. The highest BCUT2D eigenvalue weighted by Gasteiger charge is 2.38. The van der Waals surface area contributed by atoms with Crippen molar-refractivity contribution in [3.63, 3.8) is 0 Å². The van der Waals surface area contributed by atoms with Gasteiger partial charge in [0.25, 0.3) is 0 Å². The third-order valence-corrected chi connectivity index (χ3v) is 4.96. The second-order valence-electron chi connectivity index (χ2n) is 5.03. The zero-order chi connectivity index (χ0) is 14.6. The molecule has 2 unspecified atom stereocenters. The summed E-state index contributed by atoms with van der Waals surface area (Å²) in [7, 11) is -3.43. The molecule has 0 aliphatic heterocycles. The fraction of sp³-hybridized carbons (Fsp3) is 0.571. The molecule has 6 heteroatoms. The second kappa shape index (κ2) is 6.56. The molecule has 1 fully saturated rings. The molecule has 0 heterocycles. The molecular formula is C14H21NO4S. The lowest BCUT2D eigenvalue weighted by Gasteiger charge is -2.08. The van der Waals surface area contributed by atoms with E-state index >= 15 is 0 Å². The van der Waals surface area contributed by atoms with Gasteiger partial charge in [0.1, 0.15) is 5.75 Å². The number of hydrogen-bond donors (Lipinski definition) is 2. The summed E-state index contributed by atoms with van der Waals surface area (Å²) in [6, 6.07) is 6.44. The summed E-state index contributed by atoms with van der Waals surface area (Å²) in [5.74, 6) is 1.08. The van der Waals surface area contributed by atoms with E-state index in [2.05, 4.69) is 11.6 Å². The fourth-order valence-electron chi connectivity index (χ4n) is 2.08. The molecule has 1 saturated carbocycles. The molecule has 1 aromatic carbocycles. The SMILES string of the molecule is CCC1CC1NS(=O)(=O)c1ccc(OCCCO)cc1. The summed E-state index contributed by atoms with van der Waals surface area (Å²) >= 11 is 0. The minimum absolute atomic E-state index is 0.0797. The monoisotopic (exact) mass is 299 g/mol. The highest BCUT2D eigenvalue weighted by molar-refractivity contribution is 7.89. The van der Waals surface area contributed by atoms with Crippen molar-refractivity contribution in [3.05, 3.63) is 24.3 Å². The van der Waals surface area contributed by atoms with E-state index in [-0.39, 0.29) is 17.5 Å². The molecule has 0 aromatic heterocycles. The highest BCUT2D eigenvalue weighted by atomic mass is 32.2. The van der Waals surface area contributed by atoms with Gasteiger partial charge in [-0.3, -0.25) is 0 Å². The molecule has 112 valence electrons. The quantitative estimate of drug-likeness (QED) is 0.714. The second-order valence-corrected chi connectivity index (χ2v) is 6.74. The van der Waals surface area contributed by atoms with Crippen molar-refractivity contribution < 1.29 is 18.3 Å². The summed E-state index contributed by atoms with van der Waals surface area (Å²) in [4.78, 5) is 0.258. The van der Waals surface area contributed by atoms with Gasteiger partial charge in [-0.1, -0.05) is 13.3 Å². The van der Waals surface area contributed by atoms with Crippen molar-refractivity contribution in [2.75, 3.05) is 13.2 Å². The van der Waals surface area contributed by atoms with Gasteiger partial charge in [-0.15, -0.1) is 0 Å². The first-order valence-electron chi connectivity index (χ1n) is 6.93. The molecular weight excluding hydrogens is 278 g/mol. The number of ether oxygens (including phenoxy) is 1. The largest absolute Gasteiger partial charge is 0.494 e. The van der Waals surface area contributed by atoms with E-state index in [1.54, 1.807) is 24.3 Å². The molecule has 1 aliphatic rings. The van der Waals surface area contributed by atoms with Crippen molar-refractivity contribution in [2.45, 2.75) is 37.1 Å². The summed E-state index contributed by atoms with van der Waals surface area (Å²) in [5.41, 5.74) is 0. The Labute approximate surface area is 120 Å². The van der Waals surface area contributed by atoms with Crippen molar-refractivity contribution in [2.24, 2.45) is 5.92 Å². The Kier molecular flexibility index (Phi) is 5.01. The molecule has 20 heavy (non-hydrogen) atoms. The third kappa shape index (κ3) is 3.94. The first kappa shape index (κ1) is 15.3. The third-order valence-electron chi connectivity index (χ3n) is 3.46. The number of sulfonamides is 1. The predicted octanol–water partition coefficient (Wildman–Crippen LogP) is 1.52. The lowest BCUT2D eigenvalue weighted by Crippen LogP contribution is -2.27. The summed E-state index contributed by atoms with van der Waals surface area (Å²) in [5, 5.41) is 8.66. The van der Waals surface area contributed by atoms with Gasteiger partial charge >= 0.3 is 0 Å². The van der Waals surface area contributed by atoms with Gasteiger partial charge in [0.2, 0.25) is 10.0 Å². The summed E-state index contributed by atoms with van der Waals surface area (Å²) in [6.07, 6.45) is 2.49. The molecule has 5 nitrogen and oxygen atoms in total. The minimum Gasteiger partial charge on any atom is -0.494 e. The van der Waals surface area contributed by atoms with Gasteiger partial charge in [-0.2, -0.15) is 0 Å². The Morgan fingerprint density at radius 3 is 2.60 bits per heavy atom. The molecule has 0 spiro atoms. The zero-order valence-corrected chi connectivity index (χ0v) is 12.4. The average molecular weight is 299 g/mol. The highest BCUT2D eigenvalue weighted by Crippen LogP contribution is 2.34. The maximum Gasteiger partial charge on any atom is 0.240 e. The molecule has 0 amide bonds. The predicted molar refractivity (Wildman–Crippen MR) is 76.1 cm³/mol. The zero-order valence-electron chi connectivity index (χ0n) is 11.6. The number of benzene rings is 1. The molecule has 2 rings (SSSR count). The summed E-state index contributed by atoms with van der Waals surface area (Å²) in [6.45, 7) is 2.56. The van der Waals surface area contributed by atoms with Crippen LogP contribution in [-0.2, 0) is 10.0 Å². The first-order valence-corrected chi connectivity index (χ1v) is 8.41. The van der Waals surface area contributed by atoms with E-state index in [1.165, 1.54) is 0 Å². The topological polar surface area (TPSA) is 75.6 Å². The van der Waals surface area contributed by atoms with Crippen molar-refractivity contribution in [1.82, 2.24) is 4.72 Å². The first-order chi connectivity index (χ1) is 9.56. The van der Waals surface area contributed by atoms with Crippen LogP contribution < -0.4 is 9.46 Å². The van der Waals surface area contributed by atoms with Crippen LogP contribution in [0.15, 0.2) is 29.2 Å². The van der Waals surface area contributed by atoms with Crippen LogP contribution in [0.25, 0.3) is 0 Å². The fourth-order valence-corrected chi connectivity index (χ4v) is 3.40. The van der Waals surface area contributed by atoms with E-state index in [0.29, 0.717) is 24.7 Å². The Morgan fingerprint density at radius 2 is 2.05 bits per heavy atom. The van der Waals surface area contributed by atoms with E-state index < -0.39 is 10.0 Å². The van der Waals surface area contributed by atoms with Crippen molar-refractivity contribution in [1.29, 1.82) is 0 Å². The van der Waals surface area contributed by atoms with Gasteiger partial charge in [0, 0.05) is 19.1 Å². The number of rotatable bonds is 8. The number of hydrogen-bond acceptors (Lipinski definition) is 4. The van der Waals surface area contributed by atoms with E-state index in [9.17, 15) is 8.42 Å². The van der Waals surface area contributed by atoms with Crippen molar-refractivity contribution >= 4 is 10.0 Å². The van der Waals surface area contributed by atoms with Gasteiger partial charge < -0.3 is 9.84 Å². The van der Waals surface area contributed by atoms with E-state index in [4.69, 9.17) is 9.84 Å². The number of nitrogens with one attached hydrogen (secondary N) is 1. The lowest BCUT2D eigenvalue weighted by atomic mass is 10.3. The van der Waals surface area contributed by atoms with Crippen LogP contribution in [0.4, 0.5) is 0 Å². The molecule has 1 aliphatic carbocycles. The lowest BCUT2D eigenvalue weighted by molar-refractivity contribution is 0.233. The van der Waals surface area contributed by atoms with Gasteiger partial charge in [0.15, 0.2) is 0 Å². The smallest absolute Gasteiger partial charge is 0.240 e. The van der Waals surface area contributed by atoms with E-state index in [0.717, 1.165) is 12.8 Å². The maximum atomic E-state index is 12.1. The van der Waals surface area contributed by atoms with Crippen LogP contribution in [0.2, 0.25) is 0 Å². The Balaban J connectivity index is 1.94. The van der Waals surface area contributed by atoms with Crippen LogP contribution >= 0.6 is 0 Å². The molecule has 0 radical (unpaired) electrons. The molecule has 0 bridgehead atoms. The number of aliphatic hydroxyl groups is 1.